The zero-order valence-corrected chi connectivity index (χ0v) is 21.5. The number of carboxylic acid groups (broad SMARTS) is 2. The highest BCUT2D eigenvalue weighted by atomic mass is 16.4. The van der Waals surface area contributed by atoms with E-state index in [4.69, 9.17) is 21.0 Å². The molecular formula is C28H36N4O6. The van der Waals surface area contributed by atoms with Crippen LogP contribution in [0.5, 0.6) is 0 Å². The fraction of sp³-hybridized carbons (Fsp3) is 0.393. The summed E-state index contributed by atoms with van der Waals surface area (Å²) in [4.78, 5) is 47.3. The number of hydrogen-bond donors (Lipinski definition) is 6. The summed E-state index contributed by atoms with van der Waals surface area (Å²) >= 11 is 0. The van der Waals surface area contributed by atoms with Crippen LogP contribution in [0, 0.1) is 17.2 Å². The Morgan fingerprint density at radius 3 is 2.03 bits per heavy atom. The fourth-order valence-corrected chi connectivity index (χ4v) is 4.37. The van der Waals surface area contributed by atoms with Gasteiger partial charge < -0.3 is 26.6 Å². The molecule has 3 rings (SSSR count). The SMILES string of the molecule is CC(=O)O.N=C(N)c1ccc(CC(C(=O)NCc2ccccc2)C(=O)N[C@H](C(=O)O)C2CCCCC2)cc1. The van der Waals surface area contributed by atoms with Crippen LogP contribution in [0.1, 0.15) is 55.7 Å². The number of nitrogens with one attached hydrogen (secondary N) is 3. The largest absolute Gasteiger partial charge is 0.481 e. The number of benzene rings is 2. The second kappa shape index (κ2) is 15.1. The molecule has 1 aliphatic carbocycles. The lowest BCUT2D eigenvalue weighted by atomic mass is 9.83. The highest BCUT2D eigenvalue weighted by Crippen LogP contribution is 2.27. The first-order chi connectivity index (χ1) is 18.1. The number of nitrogen functional groups attached to an aromatic ring is 1. The summed E-state index contributed by atoms with van der Waals surface area (Å²) in [5, 5.41) is 30.2. The number of nitrogens with two attached hydrogens (primary N) is 1. The minimum Gasteiger partial charge on any atom is -0.481 e. The zero-order valence-electron chi connectivity index (χ0n) is 21.5. The normalized spacial score (nSPS) is 14.7. The molecule has 2 aromatic carbocycles. The summed E-state index contributed by atoms with van der Waals surface area (Å²) in [6.45, 7) is 1.34. The molecule has 1 fully saturated rings. The molecule has 0 spiro atoms. The number of hydrogen-bond acceptors (Lipinski definition) is 5. The first-order valence-corrected chi connectivity index (χ1v) is 12.6. The van der Waals surface area contributed by atoms with Gasteiger partial charge in [-0.3, -0.25) is 19.8 Å². The van der Waals surface area contributed by atoms with Crippen molar-refractivity contribution in [1.82, 2.24) is 10.6 Å². The van der Waals surface area contributed by atoms with E-state index in [2.05, 4.69) is 10.6 Å². The molecule has 2 amide bonds. The average molecular weight is 525 g/mol. The van der Waals surface area contributed by atoms with E-state index in [1.807, 2.05) is 30.3 Å². The third-order valence-electron chi connectivity index (χ3n) is 6.33. The molecule has 1 unspecified atom stereocenters. The van der Waals surface area contributed by atoms with E-state index < -0.39 is 35.7 Å². The molecule has 2 aromatic rings. The Kier molecular flexibility index (Phi) is 12.0. The molecule has 0 aliphatic heterocycles. The Hall–Kier alpha value is -4.21. The summed E-state index contributed by atoms with van der Waals surface area (Å²) in [6.07, 6.45) is 4.53. The molecule has 1 aliphatic rings. The predicted molar refractivity (Wildman–Crippen MR) is 142 cm³/mol. The molecule has 0 saturated heterocycles. The molecular weight excluding hydrogens is 488 g/mol. The number of aliphatic carboxylic acids is 2. The lowest BCUT2D eigenvalue weighted by Crippen LogP contribution is -2.51. The van der Waals surface area contributed by atoms with Crippen LogP contribution in [0.4, 0.5) is 0 Å². The van der Waals surface area contributed by atoms with Crippen molar-refractivity contribution in [2.75, 3.05) is 0 Å². The van der Waals surface area contributed by atoms with Crippen LogP contribution in [0.2, 0.25) is 0 Å². The van der Waals surface area contributed by atoms with Gasteiger partial charge in [0.05, 0.1) is 0 Å². The van der Waals surface area contributed by atoms with E-state index in [1.165, 1.54) is 0 Å². The summed E-state index contributed by atoms with van der Waals surface area (Å²) in [6, 6.07) is 15.1. The van der Waals surface area contributed by atoms with Gasteiger partial charge in [-0.15, -0.1) is 0 Å². The first-order valence-electron chi connectivity index (χ1n) is 12.6. The Morgan fingerprint density at radius 1 is 0.921 bits per heavy atom. The second-order valence-electron chi connectivity index (χ2n) is 9.31. The van der Waals surface area contributed by atoms with Gasteiger partial charge in [0.15, 0.2) is 0 Å². The monoisotopic (exact) mass is 524 g/mol. The molecule has 0 radical (unpaired) electrons. The van der Waals surface area contributed by atoms with Crippen molar-refractivity contribution in [3.05, 3.63) is 71.3 Å². The molecule has 10 heteroatoms. The maximum Gasteiger partial charge on any atom is 0.326 e. The third kappa shape index (κ3) is 10.0. The molecule has 7 N–H and O–H groups in total. The Morgan fingerprint density at radius 2 is 1.50 bits per heavy atom. The lowest BCUT2D eigenvalue weighted by Gasteiger charge is -2.29. The third-order valence-corrected chi connectivity index (χ3v) is 6.33. The van der Waals surface area contributed by atoms with Crippen LogP contribution in [-0.2, 0) is 32.1 Å². The van der Waals surface area contributed by atoms with Gasteiger partial charge in [-0.2, -0.15) is 0 Å². The molecule has 1 saturated carbocycles. The standard InChI is InChI=1S/C26H32N4O4.C2H4O2/c27-23(28)20-13-11-17(12-14-20)15-21(24(31)29-16-18-7-3-1-4-8-18)25(32)30-22(26(33)34)19-9-5-2-6-10-19;1-2(3)4/h1,3-4,7-8,11-14,19,21-22H,2,5-6,9-10,15-16H2,(H3,27,28)(H,29,31)(H,30,32)(H,33,34);1H3,(H,3,4)/t21?,22-;/m0./s1. The summed E-state index contributed by atoms with van der Waals surface area (Å²) in [7, 11) is 0. The maximum absolute atomic E-state index is 13.2. The van der Waals surface area contributed by atoms with E-state index in [9.17, 15) is 19.5 Å². The summed E-state index contributed by atoms with van der Waals surface area (Å²) in [5.41, 5.74) is 7.66. The van der Waals surface area contributed by atoms with Crippen molar-refractivity contribution in [2.24, 2.45) is 17.6 Å². The van der Waals surface area contributed by atoms with Gasteiger partial charge in [-0.25, -0.2) is 4.79 Å². The number of carbonyl (C=O) groups excluding carboxylic acids is 2. The van der Waals surface area contributed by atoms with Gasteiger partial charge in [0, 0.05) is 19.0 Å². The molecule has 0 bridgehead atoms. The number of amidine groups is 1. The molecule has 0 heterocycles. The highest BCUT2D eigenvalue weighted by molar-refractivity contribution is 6.01. The Labute approximate surface area is 222 Å². The van der Waals surface area contributed by atoms with Crippen LogP contribution >= 0.6 is 0 Å². The van der Waals surface area contributed by atoms with E-state index in [0.29, 0.717) is 11.1 Å². The number of amides is 2. The maximum atomic E-state index is 13.2. The Bertz CT molecular complexity index is 1090. The zero-order chi connectivity index (χ0) is 28.1. The van der Waals surface area contributed by atoms with Gasteiger partial charge in [0.2, 0.25) is 11.8 Å². The average Bonchev–Trinajstić information content (AvgIpc) is 2.89. The molecule has 38 heavy (non-hydrogen) atoms. The molecule has 10 nitrogen and oxygen atoms in total. The number of carbonyl (C=O) groups is 4. The van der Waals surface area contributed by atoms with Crippen molar-refractivity contribution < 1.29 is 29.4 Å². The van der Waals surface area contributed by atoms with E-state index >= 15 is 0 Å². The van der Waals surface area contributed by atoms with Crippen LogP contribution < -0.4 is 16.4 Å². The van der Waals surface area contributed by atoms with Gasteiger partial charge >= 0.3 is 5.97 Å². The molecule has 2 atom stereocenters. The number of carboxylic acids is 2. The van der Waals surface area contributed by atoms with Crippen molar-refractivity contribution in [3.8, 4) is 0 Å². The first kappa shape index (κ1) is 30.0. The van der Waals surface area contributed by atoms with Crippen LogP contribution in [0.25, 0.3) is 0 Å². The minimum atomic E-state index is -1.10. The topological polar surface area (TPSA) is 183 Å². The van der Waals surface area contributed by atoms with Crippen molar-refractivity contribution >= 4 is 29.6 Å². The van der Waals surface area contributed by atoms with Crippen molar-refractivity contribution in [3.63, 3.8) is 0 Å². The Balaban J connectivity index is 0.00000118. The van der Waals surface area contributed by atoms with E-state index in [-0.39, 0.29) is 24.7 Å². The van der Waals surface area contributed by atoms with E-state index in [1.54, 1.807) is 24.3 Å². The highest BCUT2D eigenvalue weighted by Gasteiger charge is 2.35. The fourth-order valence-electron chi connectivity index (χ4n) is 4.37. The van der Waals surface area contributed by atoms with Crippen LogP contribution in [0.15, 0.2) is 54.6 Å². The lowest BCUT2D eigenvalue weighted by molar-refractivity contribution is -0.146. The predicted octanol–water partition coefficient (Wildman–Crippen LogP) is 2.69. The summed E-state index contributed by atoms with van der Waals surface area (Å²) < 4.78 is 0. The molecule has 0 aromatic heterocycles. The van der Waals surface area contributed by atoms with E-state index in [0.717, 1.165) is 44.6 Å². The quantitative estimate of drug-likeness (QED) is 0.157. The van der Waals surface area contributed by atoms with Gasteiger partial charge in [0.25, 0.3) is 5.97 Å². The van der Waals surface area contributed by atoms with Crippen LogP contribution in [0.3, 0.4) is 0 Å². The minimum absolute atomic E-state index is 0.0711. The van der Waals surface area contributed by atoms with Crippen molar-refractivity contribution in [2.45, 2.75) is 58.0 Å². The van der Waals surface area contributed by atoms with Gasteiger partial charge in [0.1, 0.15) is 17.8 Å². The van der Waals surface area contributed by atoms with Gasteiger partial charge in [-0.1, -0.05) is 73.9 Å². The number of rotatable bonds is 10. The second-order valence-corrected chi connectivity index (χ2v) is 9.31. The molecule has 204 valence electrons. The van der Waals surface area contributed by atoms with Crippen LogP contribution in [-0.4, -0.2) is 45.8 Å². The van der Waals surface area contributed by atoms with Gasteiger partial charge in [-0.05, 0) is 36.3 Å². The smallest absolute Gasteiger partial charge is 0.326 e. The summed E-state index contributed by atoms with van der Waals surface area (Å²) in [5.74, 6) is -4.29. The van der Waals surface area contributed by atoms with Crippen molar-refractivity contribution in [1.29, 1.82) is 5.41 Å².